The van der Waals surface area contributed by atoms with Crippen LogP contribution < -0.4 is 10.3 Å². The van der Waals surface area contributed by atoms with Gasteiger partial charge in [0.05, 0.1) is 10.4 Å². The Balaban J connectivity index is 3.33. The maximum Gasteiger partial charge on any atom is 0.0764 e. The van der Waals surface area contributed by atoms with Crippen LogP contribution in [-0.2, 0) is 0 Å². The van der Waals surface area contributed by atoms with E-state index in [0.29, 0.717) is 5.54 Å². The van der Waals surface area contributed by atoms with Gasteiger partial charge >= 0.3 is 0 Å². The van der Waals surface area contributed by atoms with Crippen molar-refractivity contribution in [1.29, 1.82) is 0 Å². The standard InChI is InChI=1S/C6H18N2Si/c1-4-6(2,3)7-5-8-9/h7-8H,4-5H2,1-3,9H3. The van der Waals surface area contributed by atoms with Crippen molar-refractivity contribution in [3.8, 4) is 0 Å². The van der Waals surface area contributed by atoms with Crippen LogP contribution in [0.25, 0.3) is 0 Å². The largest absolute Gasteiger partial charge is 0.334 e. The summed E-state index contributed by atoms with van der Waals surface area (Å²) in [6.07, 6.45) is 1.18. The van der Waals surface area contributed by atoms with Crippen LogP contribution in [0, 0.1) is 0 Å². The first-order chi connectivity index (χ1) is 4.12. The molecule has 0 aliphatic carbocycles. The molecule has 2 nitrogen and oxygen atoms in total. The van der Waals surface area contributed by atoms with Gasteiger partial charge in [-0.1, -0.05) is 6.92 Å². The van der Waals surface area contributed by atoms with Gasteiger partial charge in [-0.15, -0.1) is 0 Å². The van der Waals surface area contributed by atoms with Crippen LogP contribution in [0.5, 0.6) is 0 Å². The summed E-state index contributed by atoms with van der Waals surface area (Å²) in [6, 6.07) is 0. The minimum atomic E-state index is 0.303. The van der Waals surface area contributed by atoms with E-state index >= 15 is 0 Å². The van der Waals surface area contributed by atoms with E-state index in [1.807, 2.05) is 0 Å². The molecule has 0 unspecified atom stereocenters. The van der Waals surface area contributed by atoms with Crippen molar-refractivity contribution in [3.63, 3.8) is 0 Å². The summed E-state index contributed by atoms with van der Waals surface area (Å²) in [5.74, 6) is 0. The predicted octanol–water partition coefficient (Wildman–Crippen LogP) is -0.408. The van der Waals surface area contributed by atoms with Crippen molar-refractivity contribution in [2.75, 3.05) is 6.67 Å². The fourth-order valence-electron chi connectivity index (χ4n) is 0.453. The van der Waals surface area contributed by atoms with Gasteiger partial charge in [0.25, 0.3) is 0 Å². The Bertz CT molecular complexity index is 73.5. The summed E-state index contributed by atoms with van der Waals surface area (Å²) >= 11 is 0. The lowest BCUT2D eigenvalue weighted by Gasteiger charge is -2.24. The normalized spacial score (nSPS) is 12.3. The molecule has 0 atom stereocenters. The number of hydrogen-bond donors (Lipinski definition) is 2. The molecule has 0 saturated carbocycles. The van der Waals surface area contributed by atoms with Crippen molar-refractivity contribution < 1.29 is 0 Å². The Labute approximate surface area is 60.9 Å². The van der Waals surface area contributed by atoms with E-state index in [1.54, 1.807) is 0 Å². The molecule has 0 saturated heterocycles. The summed E-state index contributed by atoms with van der Waals surface area (Å²) in [5.41, 5.74) is 0.303. The number of nitrogens with one attached hydrogen (secondary N) is 2. The van der Waals surface area contributed by atoms with Gasteiger partial charge < -0.3 is 10.3 Å². The maximum absolute atomic E-state index is 3.38. The molecule has 9 heavy (non-hydrogen) atoms. The molecular weight excluding hydrogens is 128 g/mol. The van der Waals surface area contributed by atoms with Crippen LogP contribution in [0.1, 0.15) is 27.2 Å². The van der Waals surface area contributed by atoms with E-state index in [1.165, 1.54) is 6.42 Å². The lowest BCUT2D eigenvalue weighted by atomic mass is 10.0. The first-order valence-electron chi connectivity index (χ1n) is 3.52. The van der Waals surface area contributed by atoms with Gasteiger partial charge in [-0.25, -0.2) is 0 Å². The monoisotopic (exact) mass is 146 g/mol. The van der Waals surface area contributed by atoms with Crippen LogP contribution in [-0.4, -0.2) is 22.6 Å². The van der Waals surface area contributed by atoms with Crippen molar-refractivity contribution in [2.45, 2.75) is 32.7 Å². The van der Waals surface area contributed by atoms with Gasteiger partial charge in [-0.3, -0.25) is 0 Å². The van der Waals surface area contributed by atoms with Crippen LogP contribution in [0.15, 0.2) is 0 Å². The Morgan fingerprint density at radius 3 is 2.33 bits per heavy atom. The van der Waals surface area contributed by atoms with Gasteiger partial charge in [0, 0.05) is 12.2 Å². The zero-order valence-corrected chi connectivity index (χ0v) is 8.91. The Morgan fingerprint density at radius 2 is 2.00 bits per heavy atom. The highest BCUT2D eigenvalue weighted by molar-refractivity contribution is 6.04. The van der Waals surface area contributed by atoms with E-state index in [9.17, 15) is 0 Å². The average molecular weight is 146 g/mol. The van der Waals surface area contributed by atoms with E-state index < -0.39 is 0 Å². The minimum absolute atomic E-state index is 0.303. The second kappa shape index (κ2) is 4.03. The average Bonchev–Trinajstić information content (AvgIpc) is 1.84. The third-order valence-electron chi connectivity index (χ3n) is 1.63. The van der Waals surface area contributed by atoms with Gasteiger partial charge in [0.2, 0.25) is 0 Å². The number of hydrogen-bond acceptors (Lipinski definition) is 2. The molecule has 0 aliphatic rings. The summed E-state index contributed by atoms with van der Waals surface area (Å²) in [5, 5.41) is 3.38. The Morgan fingerprint density at radius 1 is 1.44 bits per heavy atom. The molecule has 3 heteroatoms. The van der Waals surface area contributed by atoms with Gasteiger partial charge in [-0.05, 0) is 20.3 Å². The molecule has 0 spiro atoms. The van der Waals surface area contributed by atoms with Crippen LogP contribution in [0.2, 0.25) is 0 Å². The molecule has 0 bridgehead atoms. The zero-order valence-electron chi connectivity index (χ0n) is 6.91. The second-order valence-electron chi connectivity index (χ2n) is 2.94. The number of rotatable bonds is 4. The third kappa shape index (κ3) is 4.63. The third-order valence-corrected chi connectivity index (χ3v) is 1.98. The van der Waals surface area contributed by atoms with Crippen LogP contribution in [0.3, 0.4) is 0 Å². The van der Waals surface area contributed by atoms with Gasteiger partial charge in [0.1, 0.15) is 0 Å². The molecule has 0 rings (SSSR count). The van der Waals surface area contributed by atoms with Gasteiger partial charge in [-0.2, -0.15) is 0 Å². The maximum atomic E-state index is 3.38. The van der Waals surface area contributed by atoms with Crippen molar-refractivity contribution in [3.05, 3.63) is 0 Å². The molecule has 2 N–H and O–H groups in total. The quantitative estimate of drug-likeness (QED) is 0.416. The summed E-state index contributed by atoms with van der Waals surface area (Å²) in [6.45, 7) is 7.57. The topological polar surface area (TPSA) is 24.1 Å². The minimum Gasteiger partial charge on any atom is -0.334 e. The van der Waals surface area contributed by atoms with Crippen LogP contribution >= 0.6 is 0 Å². The van der Waals surface area contributed by atoms with Crippen molar-refractivity contribution in [2.24, 2.45) is 0 Å². The Hall–Kier alpha value is 0.137. The van der Waals surface area contributed by atoms with Crippen molar-refractivity contribution >= 4 is 10.4 Å². The highest BCUT2D eigenvalue weighted by atomic mass is 28.2. The van der Waals surface area contributed by atoms with E-state index in [4.69, 9.17) is 0 Å². The summed E-state index contributed by atoms with van der Waals surface area (Å²) in [7, 11) is 1.07. The molecule has 0 aromatic rings. The molecule has 0 aromatic carbocycles. The lowest BCUT2D eigenvalue weighted by molar-refractivity contribution is 0.376. The van der Waals surface area contributed by atoms with E-state index in [-0.39, 0.29) is 0 Å². The lowest BCUT2D eigenvalue weighted by Crippen LogP contribution is -2.43. The summed E-state index contributed by atoms with van der Waals surface area (Å²) < 4.78 is 0. The Kier molecular flexibility index (Phi) is 4.09. The van der Waals surface area contributed by atoms with E-state index in [0.717, 1.165) is 17.1 Å². The molecule has 56 valence electrons. The van der Waals surface area contributed by atoms with Crippen molar-refractivity contribution in [1.82, 2.24) is 10.3 Å². The smallest absolute Gasteiger partial charge is 0.0764 e. The first kappa shape index (κ1) is 9.14. The SMILES string of the molecule is CCC(C)(C)NCN[SiH3]. The van der Waals surface area contributed by atoms with E-state index in [2.05, 4.69) is 31.1 Å². The van der Waals surface area contributed by atoms with Crippen LogP contribution in [0.4, 0.5) is 0 Å². The zero-order chi connectivity index (χ0) is 7.33. The molecule has 0 amide bonds. The second-order valence-corrected chi connectivity index (χ2v) is 3.65. The predicted molar refractivity (Wildman–Crippen MR) is 45.4 cm³/mol. The fourth-order valence-corrected chi connectivity index (χ4v) is 0.629. The summed E-state index contributed by atoms with van der Waals surface area (Å²) in [4.78, 5) is 3.19. The fraction of sp³-hybridized carbons (Fsp3) is 1.00. The molecule has 0 radical (unpaired) electrons. The molecule has 0 aromatic heterocycles. The van der Waals surface area contributed by atoms with Gasteiger partial charge in [0.15, 0.2) is 0 Å². The first-order valence-corrected chi connectivity index (χ1v) is 4.52. The molecular formula is C6H18N2Si. The molecule has 0 aliphatic heterocycles. The highest BCUT2D eigenvalue weighted by Crippen LogP contribution is 2.04. The molecule has 0 heterocycles. The highest BCUT2D eigenvalue weighted by Gasteiger charge is 2.11. The molecule has 0 fully saturated rings.